The Labute approximate surface area is 230 Å². The van der Waals surface area contributed by atoms with Crippen LogP contribution in [-0.4, -0.2) is 17.4 Å². The molecule has 0 fully saturated rings. The molecule has 4 aromatic carbocycles. The van der Waals surface area contributed by atoms with Crippen LogP contribution in [0.2, 0.25) is 0 Å². The second kappa shape index (κ2) is 10.8. The van der Waals surface area contributed by atoms with Gasteiger partial charge in [0, 0.05) is 22.2 Å². The zero-order chi connectivity index (χ0) is 27.4. The third-order valence-corrected chi connectivity index (χ3v) is 6.40. The monoisotopic (exact) mass is 510 g/mol. The first-order valence-electron chi connectivity index (χ1n) is 13.0. The Morgan fingerprint density at radius 3 is 1.97 bits per heavy atom. The average molecular weight is 511 g/mol. The number of hydrogen-bond donors (Lipinski definition) is 1. The average Bonchev–Trinajstić information content (AvgIpc) is 3.21. The van der Waals surface area contributed by atoms with Crippen LogP contribution in [0.5, 0.6) is 0 Å². The molecular weight excluding hydrogens is 480 g/mol. The molecule has 1 aliphatic rings. The first-order valence-corrected chi connectivity index (χ1v) is 13.0. The van der Waals surface area contributed by atoms with Gasteiger partial charge in [-0.1, -0.05) is 109 Å². The maximum Gasteiger partial charge on any atom is 0.261 e. The predicted octanol–water partition coefficient (Wildman–Crippen LogP) is 6.65. The highest BCUT2D eigenvalue weighted by Crippen LogP contribution is 2.44. The van der Waals surface area contributed by atoms with Crippen LogP contribution in [0.15, 0.2) is 115 Å². The Hall–Kier alpha value is -4.88. The smallest absolute Gasteiger partial charge is 0.261 e. The molecule has 4 nitrogen and oxygen atoms in total. The number of amides is 2. The summed E-state index contributed by atoms with van der Waals surface area (Å²) >= 11 is 0. The number of nitrogens with one attached hydrogen (secondary N) is 1. The van der Waals surface area contributed by atoms with Crippen molar-refractivity contribution in [3.05, 3.63) is 138 Å². The highest BCUT2D eigenvalue weighted by Gasteiger charge is 2.42. The molecule has 1 N–H and O–H groups in total. The van der Waals surface area contributed by atoms with Crippen LogP contribution in [0, 0.1) is 11.8 Å². The number of para-hydroxylation sites is 1. The lowest BCUT2D eigenvalue weighted by Gasteiger charge is -2.31. The number of allylic oxidation sites excluding steroid dienone is 1. The van der Waals surface area contributed by atoms with Gasteiger partial charge in [0.15, 0.2) is 0 Å². The molecule has 5 rings (SSSR count). The van der Waals surface area contributed by atoms with Gasteiger partial charge in [0.2, 0.25) is 5.91 Å². The van der Waals surface area contributed by atoms with E-state index in [1.165, 1.54) is 0 Å². The summed E-state index contributed by atoms with van der Waals surface area (Å²) in [5, 5.41) is 3.09. The molecule has 0 saturated carbocycles. The summed E-state index contributed by atoms with van der Waals surface area (Å²) in [6.45, 7) is 5.81. The summed E-state index contributed by atoms with van der Waals surface area (Å²) < 4.78 is 0. The fourth-order valence-corrected chi connectivity index (χ4v) is 4.77. The molecule has 0 aromatic heterocycles. The van der Waals surface area contributed by atoms with E-state index >= 15 is 0 Å². The standard InChI is InChI=1S/C35H30N2O2/c1-35(2,3)36-33(38)32(27-19-11-6-12-20-27)37-30-22-14-13-21-29(30)31(34(37)39)28(26-17-9-5-10-18-26)24-23-25-15-7-4-8-16-25/h4-22,32H,1-3H3,(H,36,38)/b31-28+. The van der Waals surface area contributed by atoms with Crippen LogP contribution < -0.4 is 10.2 Å². The molecule has 39 heavy (non-hydrogen) atoms. The lowest BCUT2D eigenvalue weighted by Crippen LogP contribution is -2.48. The maximum atomic E-state index is 14.5. The van der Waals surface area contributed by atoms with Crippen molar-refractivity contribution in [3.63, 3.8) is 0 Å². The predicted molar refractivity (Wildman–Crippen MR) is 158 cm³/mol. The Balaban J connectivity index is 1.73. The molecule has 1 unspecified atom stereocenters. The van der Waals surface area contributed by atoms with Gasteiger partial charge in [-0.05, 0) is 50.1 Å². The van der Waals surface area contributed by atoms with E-state index in [2.05, 4.69) is 17.2 Å². The van der Waals surface area contributed by atoms with Crippen molar-refractivity contribution in [1.82, 2.24) is 5.32 Å². The van der Waals surface area contributed by atoms with Gasteiger partial charge in [-0.3, -0.25) is 14.5 Å². The summed E-state index contributed by atoms with van der Waals surface area (Å²) in [4.78, 5) is 29.9. The van der Waals surface area contributed by atoms with Gasteiger partial charge >= 0.3 is 0 Å². The zero-order valence-electron chi connectivity index (χ0n) is 22.3. The van der Waals surface area contributed by atoms with E-state index in [-0.39, 0.29) is 11.8 Å². The van der Waals surface area contributed by atoms with E-state index in [0.29, 0.717) is 16.8 Å². The van der Waals surface area contributed by atoms with E-state index in [0.717, 1.165) is 22.3 Å². The SMILES string of the molecule is CC(C)(C)NC(=O)C(c1ccccc1)N1C(=O)/C(=C(\C#Cc2ccccc2)c2ccccc2)c2ccccc21. The Bertz CT molecular complexity index is 1590. The summed E-state index contributed by atoms with van der Waals surface area (Å²) in [7, 11) is 0. The van der Waals surface area contributed by atoms with Gasteiger partial charge in [0.1, 0.15) is 6.04 Å². The molecule has 0 radical (unpaired) electrons. The minimum Gasteiger partial charge on any atom is -0.349 e. The second-order valence-corrected chi connectivity index (χ2v) is 10.5. The van der Waals surface area contributed by atoms with E-state index in [1.54, 1.807) is 4.90 Å². The molecule has 0 aliphatic carbocycles. The molecule has 1 heterocycles. The van der Waals surface area contributed by atoms with Gasteiger partial charge in [0.05, 0.1) is 11.3 Å². The second-order valence-electron chi connectivity index (χ2n) is 10.5. The zero-order valence-corrected chi connectivity index (χ0v) is 22.3. The molecule has 1 atom stereocenters. The van der Waals surface area contributed by atoms with E-state index < -0.39 is 11.6 Å². The first kappa shape index (κ1) is 25.8. The van der Waals surface area contributed by atoms with Crippen LogP contribution in [-0.2, 0) is 9.59 Å². The van der Waals surface area contributed by atoms with Gasteiger partial charge < -0.3 is 5.32 Å². The van der Waals surface area contributed by atoms with Crippen molar-refractivity contribution < 1.29 is 9.59 Å². The molecule has 0 spiro atoms. The van der Waals surface area contributed by atoms with Gasteiger partial charge in [-0.25, -0.2) is 0 Å². The Kier molecular flexibility index (Phi) is 7.17. The van der Waals surface area contributed by atoms with Crippen molar-refractivity contribution in [2.24, 2.45) is 0 Å². The van der Waals surface area contributed by atoms with Crippen molar-refractivity contribution in [2.45, 2.75) is 32.4 Å². The number of carbonyl (C=O) groups excluding carboxylic acids is 2. The third kappa shape index (κ3) is 5.54. The highest BCUT2D eigenvalue weighted by atomic mass is 16.2. The summed E-state index contributed by atoms with van der Waals surface area (Å²) in [6, 6.07) is 35.7. The van der Waals surface area contributed by atoms with Gasteiger partial charge in [0.25, 0.3) is 5.91 Å². The summed E-state index contributed by atoms with van der Waals surface area (Å²) in [5.41, 5.74) is 4.53. The fourth-order valence-electron chi connectivity index (χ4n) is 4.77. The molecule has 192 valence electrons. The topological polar surface area (TPSA) is 49.4 Å². The molecule has 0 bridgehead atoms. The lowest BCUT2D eigenvalue weighted by molar-refractivity contribution is -0.126. The van der Waals surface area contributed by atoms with E-state index in [1.807, 2.05) is 136 Å². The normalized spacial score (nSPS) is 14.6. The van der Waals surface area contributed by atoms with E-state index in [9.17, 15) is 9.59 Å². The van der Waals surface area contributed by atoms with Crippen molar-refractivity contribution >= 4 is 28.6 Å². The largest absolute Gasteiger partial charge is 0.349 e. The van der Waals surface area contributed by atoms with Crippen LogP contribution in [0.25, 0.3) is 11.1 Å². The van der Waals surface area contributed by atoms with Crippen LogP contribution >= 0.6 is 0 Å². The number of anilines is 1. The Morgan fingerprint density at radius 1 is 0.769 bits per heavy atom. The highest BCUT2D eigenvalue weighted by molar-refractivity contribution is 6.39. The molecule has 1 aliphatic heterocycles. The molecule has 0 saturated heterocycles. The number of carbonyl (C=O) groups is 2. The number of fused-ring (bicyclic) bond motifs is 1. The number of hydrogen-bond acceptors (Lipinski definition) is 2. The number of nitrogens with zero attached hydrogens (tertiary/aromatic N) is 1. The number of rotatable bonds is 4. The minimum atomic E-state index is -0.851. The number of benzene rings is 4. The summed E-state index contributed by atoms with van der Waals surface area (Å²) in [5.74, 6) is 6.06. The van der Waals surface area contributed by atoms with Crippen molar-refractivity contribution in [1.29, 1.82) is 0 Å². The molecule has 4 aromatic rings. The lowest BCUT2D eigenvalue weighted by atomic mass is 9.95. The third-order valence-electron chi connectivity index (χ3n) is 6.40. The molecule has 2 amide bonds. The minimum absolute atomic E-state index is 0.241. The van der Waals surface area contributed by atoms with Crippen molar-refractivity contribution in [2.75, 3.05) is 4.90 Å². The quantitative estimate of drug-likeness (QED) is 0.247. The fraction of sp³-hybridized carbons (Fsp3) is 0.143. The van der Waals surface area contributed by atoms with Crippen LogP contribution in [0.3, 0.4) is 0 Å². The van der Waals surface area contributed by atoms with Crippen LogP contribution in [0.1, 0.15) is 49.1 Å². The van der Waals surface area contributed by atoms with Gasteiger partial charge in [-0.2, -0.15) is 0 Å². The van der Waals surface area contributed by atoms with Crippen LogP contribution in [0.4, 0.5) is 5.69 Å². The first-order chi connectivity index (χ1) is 18.8. The summed E-state index contributed by atoms with van der Waals surface area (Å²) in [6.07, 6.45) is 0. The van der Waals surface area contributed by atoms with Crippen molar-refractivity contribution in [3.8, 4) is 11.8 Å². The van der Waals surface area contributed by atoms with E-state index in [4.69, 9.17) is 0 Å². The maximum absolute atomic E-state index is 14.5. The Morgan fingerprint density at radius 2 is 1.33 bits per heavy atom. The molecule has 4 heteroatoms. The molecular formula is C35H30N2O2. The van der Waals surface area contributed by atoms with Gasteiger partial charge in [-0.15, -0.1) is 0 Å².